The molecule has 0 aromatic carbocycles. The first-order valence-electron chi connectivity index (χ1n) is 6.47. The molecule has 0 radical (unpaired) electrons. The molecule has 0 spiro atoms. The van der Waals surface area contributed by atoms with Crippen LogP contribution in [0.4, 0.5) is 0 Å². The maximum absolute atomic E-state index is 9.21. The molecule has 1 fully saturated rings. The summed E-state index contributed by atoms with van der Waals surface area (Å²) in [6.07, 6.45) is 1.65. The molecule has 1 aromatic rings. The van der Waals surface area contributed by atoms with Gasteiger partial charge in [0.2, 0.25) is 0 Å². The van der Waals surface area contributed by atoms with Crippen molar-refractivity contribution in [2.75, 3.05) is 19.7 Å². The second kappa shape index (κ2) is 5.77. The average molecular weight is 254 g/mol. The number of aromatic nitrogens is 3. The fourth-order valence-electron chi connectivity index (χ4n) is 2.39. The minimum absolute atomic E-state index is 0.0672. The molecule has 102 valence electrons. The summed E-state index contributed by atoms with van der Waals surface area (Å²) in [7, 11) is 0. The third-order valence-electron chi connectivity index (χ3n) is 3.11. The smallest absolute Gasteiger partial charge is 0.141 e. The van der Waals surface area contributed by atoms with E-state index >= 15 is 0 Å². The summed E-state index contributed by atoms with van der Waals surface area (Å²) in [6, 6.07) is 0.314. The molecule has 6 heteroatoms. The topological polar surface area (TPSA) is 63.4 Å². The zero-order valence-electron chi connectivity index (χ0n) is 11.3. The van der Waals surface area contributed by atoms with Gasteiger partial charge >= 0.3 is 0 Å². The molecule has 1 aliphatic rings. The van der Waals surface area contributed by atoms with E-state index in [2.05, 4.69) is 28.8 Å². The van der Waals surface area contributed by atoms with E-state index in [1.165, 1.54) is 0 Å². The van der Waals surface area contributed by atoms with Crippen LogP contribution in [-0.4, -0.2) is 56.7 Å². The fourth-order valence-corrected chi connectivity index (χ4v) is 2.39. The van der Waals surface area contributed by atoms with Crippen LogP contribution in [0.15, 0.2) is 6.33 Å². The Hall–Kier alpha value is -0.980. The van der Waals surface area contributed by atoms with Gasteiger partial charge in [0, 0.05) is 19.1 Å². The molecular weight excluding hydrogens is 232 g/mol. The maximum Gasteiger partial charge on any atom is 0.141 e. The molecule has 1 aromatic heterocycles. The summed E-state index contributed by atoms with van der Waals surface area (Å²) in [5.74, 6) is 0.968. The Bertz CT molecular complexity index is 380. The molecule has 1 aliphatic heterocycles. The lowest BCUT2D eigenvalue weighted by molar-refractivity contribution is -0.0979. The molecule has 2 atom stereocenters. The second-order valence-electron chi connectivity index (χ2n) is 5.16. The Morgan fingerprint density at radius 1 is 1.50 bits per heavy atom. The van der Waals surface area contributed by atoms with Crippen molar-refractivity contribution in [3.05, 3.63) is 12.2 Å². The van der Waals surface area contributed by atoms with Crippen molar-refractivity contribution in [1.29, 1.82) is 0 Å². The van der Waals surface area contributed by atoms with Crippen molar-refractivity contribution < 1.29 is 9.84 Å². The van der Waals surface area contributed by atoms with E-state index in [4.69, 9.17) is 4.74 Å². The van der Waals surface area contributed by atoms with Crippen molar-refractivity contribution in [1.82, 2.24) is 19.7 Å². The van der Waals surface area contributed by atoms with Crippen LogP contribution in [0.5, 0.6) is 0 Å². The van der Waals surface area contributed by atoms with Gasteiger partial charge in [0.05, 0.1) is 25.4 Å². The van der Waals surface area contributed by atoms with E-state index < -0.39 is 0 Å². The predicted octanol–water partition coefficient (Wildman–Crippen LogP) is 0.441. The Morgan fingerprint density at radius 3 is 2.94 bits per heavy atom. The first-order valence-corrected chi connectivity index (χ1v) is 6.47. The van der Waals surface area contributed by atoms with E-state index in [0.29, 0.717) is 6.04 Å². The first-order chi connectivity index (χ1) is 8.60. The predicted molar refractivity (Wildman–Crippen MR) is 67.1 cm³/mol. The molecule has 0 saturated carbocycles. The SMILES string of the molecule is CC1CN(Cc2ncnn2C(C)C)CC(CO)O1. The van der Waals surface area contributed by atoms with Crippen molar-refractivity contribution in [2.24, 2.45) is 0 Å². The van der Waals surface area contributed by atoms with Crippen LogP contribution in [0.2, 0.25) is 0 Å². The van der Waals surface area contributed by atoms with E-state index in [9.17, 15) is 5.11 Å². The molecule has 2 unspecified atom stereocenters. The van der Waals surface area contributed by atoms with Crippen LogP contribution in [0, 0.1) is 0 Å². The van der Waals surface area contributed by atoms with Crippen molar-refractivity contribution in [2.45, 2.75) is 45.6 Å². The number of hydrogen-bond acceptors (Lipinski definition) is 5. The number of aliphatic hydroxyl groups is 1. The van der Waals surface area contributed by atoms with E-state index in [-0.39, 0.29) is 18.8 Å². The summed E-state index contributed by atoms with van der Waals surface area (Å²) in [5, 5.41) is 13.4. The van der Waals surface area contributed by atoms with Gasteiger partial charge in [-0.25, -0.2) is 9.67 Å². The Kier molecular flexibility index (Phi) is 4.31. The largest absolute Gasteiger partial charge is 0.394 e. The van der Waals surface area contributed by atoms with Gasteiger partial charge in [0.15, 0.2) is 0 Å². The average Bonchev–Trinajstić information content (AvgIpc) is 2.76. The Labute approximate surface area is 108 Å². The van der Waals surface area contributed by atoms with Crippen LogP contribution in [0.25, 0.3) is 0 Å². The molecule has 0 amide bonds. The summed E-state index contributed by atoms with van der Waals surface area (Å²) in [4.78, 5) is 6.58. The van der Waals surface area contributed by atoms with Gasteiger partial charge < -0.3 is 9.84 Å². The van der Waals surface area contributed by atoms with Crippen LogP contribution >= 0.6 is 0 Å². The number of nitrogens with zero attached hydrogens (tertiary/aromatic N) is 4. The molecule has 1 saturated heterocycles. The lowest BCUT2D eigenvalue weighted by Gasteiger charge is -2.35. The molecule has 18 heavy (non-hydrogen) atoms. The first kappa shape index (κ1) is 13.5. The molecule has 6 nitrogen and oxygen atoms in total. The number of rotatable bonds is 4. The van der Waals surface area contributed by atoms with E-state index in [0.717, 1.165) is 25.5 Å². The van der Waals surface area contributed by atoms with Crippen LogP contribution < -0.4 is 0 Å². The van der Waals surface area contributed by atoms with Crippen molar-refractivity contribution in [3.8, 4) is 0 Å². The Morgan fingerprint density at radius 2 is 2.28 bits per heavy atom. The highest BCUT2D eigenvalue weighted by Crippen LogP contribution is 2.14. The normalized spacial score (nSPS) is 25.8. The number of morpholine rings is 1. The lowest BCUT2D eigenvalue weighted by atomic mass is 10.2. The number of aliphatic hydroxyl groups excluding tert-OH is 1. The monoisotopic (exact) mass is 254 g/mol. The van der Waals surface area contributed by atoms with Gasteiger partial charge in [0.25, 0.3) is 0 Å². The number of ether oxygens (including phenoxy) is 1. The van der Waals surface area contributed by atoms with Gasteiger partial charge in [-0.3, -0.25) is 4.90 Å². The standard InChI is InChI=1S/C12H22N4O2/c1-9(2)16-12(13-8-14-16)6-15-4-10(3)18-11(5-15)7-17/h8-11,17H,4-7H2,1-3H3. The van der Waals surface area contributed by atoms with E-state index in [1.54, 1.807) is 6.33 Å². The lowest BCUT2D eigenvalue weighted by Crippen LogP contribution is -2.47. The van der Waals surface area contributed by atoms with Crippen molar-refractivity contribution in [3.63, 3.8) is 0 Å². The van der Waals surface area contributed by atoms with E-state index in [1.807, 2.05) is 11.6 Å². The molecule has 1 N–H and O–H groups in total. The number of hydrogen-bond donors (Lipinski definition) is 1. The third-order valence-corrected chi connectivity index (χ3v) is 3.11. The van der Waals surface area contributed by atoms with Crippen LogP contribution in [0.3, 0.4) is 0 Å². The molecule has 2 heterocycles. The molecule has 2 rings (SSSR count). The molecule has 0 bridgehead atoms. The molecular formula is C12H22N4O2. The second-order valence-corrected chi connectivity index (χ2v) is 5.16. The minimum Gasteiger partial charge on any atom is -0.394 e. The van der Waals surface area contributed by atoms with Gasteiger partial charge in [-0.05, 0) is 20.8 Å². The van der Waals surface area contributed by atoms with Gasteiger partial charge in [-0.1, -0.05) is 0 Å². The zero-order chi connectivity index (χ0) is 13.1. The maximum atomic E-state index is 9.21. The third kappa shape index (κ3) is 3.07. The quantitative estimate of drug-likeness (QED) is 0.844. The molecule has 0 aliphatic carbocycles. The van der Waals surface area contributed by atoms with Gasteiger partial charge in [-0.2, -0.15) is 5.10 Å². The zero-order valence-corrected chi connectivity index (χ0v) is 11.3. The summed E-state index contributed by atoms with van der Waals surface area (Å²) in [5.41, 5.74) is 0. The summed E-state index contributed by atoms with van der Waals surface area (Å²) >= 11 is 0. The Balaban J connectivity index is 2.02. The van der Waals surface area contributed by atoms with Crippen LogP contribution in [-0.2, 0) is 11.3 Å². The van der Waals surface area contributed by atoms with Crippen molar-refractivity contribution >= 4 is 0 Å². The summed E-state index contributed by atoms with van der Waals surface area (Å²) in [6.45, 7) is 8.64. The summed E-state index contributed by atoms with van der Waals surface area (Å²) < 4.78 is 7.57. The highest BCUT2D eigenvalue weighted by molar-refractivity contribution is 4.88. The minimum atomic E-state index is -0.0934. The van der Waals surface area contributed by atoms with Gasteiger partial charge in [-0.15, -0.1) is 0 Å². The van der Waals surface area contributed by atoms with Gasteiger partial charge in [0.1, 0.15) is 12.2 Å². The highest BCUT2D eigenvalue weighted by Gasteiger charge is 2.25. The highest BCUT2D eigenvalue weighted by atomic mass is 16.5. The van der Waals surface area contributed by atoms with Crippen LogP contribution in [0.1, 0.15) is 32.6 Å². The fraction of sp³-hybridized carbons (Fsp3) is 0.833.